The Morgan fingerprint density at radius 2 is 1.95 bits per heavy atom. The maximum Gasteiger partial charge on any atom is 0.0829 e. The molecular formula is C17H26O4. The monoisotopic (exact) mass is 294 g/mol. The van der Waals surface area contributed by atoms with Gasteiger partial charge in [-0.3, -0.25) is 0 Å². The van der Waals surface area contributed by atoms with Gasteiger partial charge in [-0.05, 0) is 25.8 Å². The first kappa shape index (κ1) is 16.4. The normalized spacial score (nSPS) is 30.8. The van der Waals surface area contributed by atoms with Crippen LogP contribution in [0.15, 0.2) is 30.3 Å². The van der Waals surface area contributed by atoms with Crippen molar-refractivity contribution in [2.75, 3.05) is 6.61 Å². The highest BCUT2D eigenvalue weighted by atomic mass is 16.5. The van der Waals surface area contributed by atoms with E-state index >= 15 is 0 Å². The van der Waals surface area contributed by atoms with Crippen molar-refractivity contribution in [2.45, 2.75) is 51.6 Å². The summed E-state index contributed by atoms with van der Waals surface area (Å²) in [6, 6.07) is 9.89. The second-order valence-electron chi connectivity index (χ2n) is 6.87. The molecule has 0 spiro atoms. The van der Waals surface area contributed by atoms with Gasteiger partial charge >= 0.3 is 0 Å². The van der Waals surface area contributed by atoms with Crippen LogP contribution in [0.3, 0.4) is 0 Å². The molecule has 4 heteroatoms. The minimum Gasteiger partial charge on any atom is -0.394 e. The molecule has 0 amide bonds. The smallest absolute Gasteiger partial charge is 0.0829 e. The highest BCUT2D eigenvalue weighted by molar-refractivity contribution is 5.14. The Hall–Kier alpha value is -0.940. The first-order valence-electron chi connectivity index (χ1n) is 7.46. The summed E-state index contributed by atoms with van der Waals surface area (Å²) >= 11 is 0. The van der Waals surface area contributed by atoms with Crippen molar-refractivity contribution in [3.8, 4) is 0 Å². The second kappa shape index (κ2) is 6.05. The fraction of sp³-hybridized carbons (Fsp3) is 0.647. The predicted octanol–water partition coefficient (Wildman–Crippen LogP) is 1.72. The standard InChI is InChI=1S/C17H26O4/c1-16(2,20)15-13(9-17(15,3)14(19)10-18)21-11-12-7-5-4-6-8-12/h4-8,13-15,18-20H,9-11H2,1-3H3/t13-,14+,15-,17+/m0/s1. The van der Waals surface area contributed by atoms with Crippen molar-refractivity contribution in [1.29, 1.82) is 0 Å². The van der Waals surface area contributed by atoms with Gasteiger partial charge in [0.05, 0.1) is 31.0 Å². The highest BCUT2D eigenvalue weighted by Gasteiger charge is 2.60. The summed E-state index contributed by atoms with van der Waals surface area (Å²) in [4.78, 5) is 0. The summed E-state index contributed by atoms with van der Waals surface area (Å²) in [6.07, 6.45) is -0.321. The van der Waals surface area contributed by atoms with E-state index < -0.39 is 17.1 Å². The van der Waals surface area contributed by atoms with Crippen molar-refractivity contribution >= 4 is 0 Å². The maximum absolute atomic E-state index is 10.4. The lowest BCUT2D eigenvalue weighted by Crippen LogP contribution is -2.64. The fourth-order valence-corrected chi connectivity index (χ4v) is 3.69. The molecule has 1 fully saturated rings. The lowest BCUT2D eigenvalue weighted by Gasteiger charge is -2.59. The first-order valence-corrected chi connectivity index (χ1v) is 7.46. The van der Waals surface area contributed by atoms with Gasteiger partial charge in [-0.2, -0.15) is 0 Å². The molecule has 4 atom stereocenters. The SMILES string of the molecule is CC(C)(O)[C@@H]1[C@@H](OCc2ccccc2)C[C@]1(C)[C@H](O)CO. The van der Waals surface area contributed by atoms with Crippen LogP contribution in [0.1, 0.15) is 32.8 Å². The molecule has 0 saturated heterocycles. The molecule has 1 aliphatic carbocycles. The van der Waals surface area contributed by atoms with E-state index in [1.165, 1.54) is 0 Å². The van der Waals surface area contributed by atoms with E-state index in [1.54, 1.807) is 13.8 Å². The molecule has 0 bridgehead atoms. The number of aliphatic hydroxyl groups excluding tert-OH is 2. The minimum absolute atomic E-state index is 0.114. The zero-order valence-corrected chi connectivity index (χ0v) is 13.0. The van der Waals surface area contributed by atoms with Gasteiger partial charge in [-0.15, -0.1) is 0 Å². The average molecular weight is 294 g/mol. The molecule has 0 unspecified atom stereocenters. The molecule has 1 aliphatic rings. The summed E-state index contributed by atoms with van der Waals surface area (Å²) < 4.78 is 5.94. The van der Waals surface area contributed by atoms with E-state index in [-0.39, 0.29) is 18.6 Å². The number of ether oxygens (including phenoxy) is 1. The fourth-order valence-electron chi connectivity index (χ4n) is 3.69. The molecule has 2 rings (SSSR count). The zero-order chi connectivity index (χ0) is 15.7. The van der Waals surface area contributed by atoms with Crippen LogP contribution < -0.4 is 0 Å². The number of hydrogen-bond donors (Lipinski definition) is 3. The molecule has 0 aromatic heterocycles. The maximum atomic E-state index is 10.4. The molecule has 118 valence electrons. The third-order valence-corrected chi connectivity index (χ3v) is 4.73. The predicted molar refractivity (Wildman–Crippen MR) is 80.6 cm³/mol. The van der Waals surface area contributed by atoms with Crippen molar-refractivity contribution in [3.63, 3.8) is 0 Å². The van der Waals surface area contributed by atoms with Gasteiger partial charge in [0.15, 0.2) is 0 Å². The Kier molecular flexibility index (Phi) is 4.73. The summed E-state index contributed by atoms with van der Waals surface area (Å²) in [6.45, 7) is 5.56. The van der Waals surface area contributed by atoms with Gasteiger partial charge in [0.25, 0.3) is 0 Å². The molecule has 1 saturated carbocycles. The van der Waals surface area contributed by atoms with E-state index in [1.807, 2.05) is 37.3 Å². The van der Waals surface area contributed by atoms with Gasteiger partial charge < -0.3 is 20.1 Å². The van der Waals surface area contributed by atoms with Gasteiger partial charge in [0, 0.05) is 11.3 Å². The number of hydrogen-bond acceptors (Lipinski definition) is 4. The third kappa shape index (κ3) is 3.29. The van der Waals surface area contributed by atoms with Crippen LogP contribution in [-0.2, 0) is 11.3 Å². The molecule has 0 heterocycles. The van der Waals surface area contributed by atoms with E-state index in [4.69, 9.17) is 4.74 Å². The van der Waals surface area contributed by atoms with E-state index in [9.17, 15) is 15.3 Å². The lowest BCUT2D eigenvalue weighted by molar-refractivity contribution is -0.243. The summed E-state index contributed by atoms with van der Waals surface area (Å²) in [5, 5.41) is 29.7. The summed E-state index contributed by atoms with van der Waals surface area (Å²) in [7, 11) is 0. The van der Waals surface area contributed by atoms with Crippen LogP contribution in [0.2, 0.25) is 0 Å². The quantitative estimate of drug-likeness (QED) is 0.747. The number of benzene rings is 1. The first-order chi connectivity index (χ1) is 9.79. The lowest BCUT2D eigenvalue weighted by atomic mass is 9.51. The van der Waals surface area contributed by atoms with Gasteiger partial charge in [0.2, 0.25) is 0 Å². The molecule has 0 radical (unpaired) electrons. The van der Waals surface area contributed by atoms with E-state index in [2.05, 4.69) is 0 Å². The van der Waals surface area contributed by atoms with E-state index in [0.29, 0.717) is 13.0 Å². The molecule has 4 nitrogen and oxygen atoms in total. The van der Waals surface area contributed by atoms with Crippen molar-refractivity contribution < 1.29 is 20.1 Å². The summed E-state index contributed by atoms with van der Waals surface area (Å²) in [5.74, 6) is -0.212. The van der Waals surface area contributed by atoms with E-state index in [0.717, 1.165) is 5.56 Å². The Morgan fingerprint density at radius 3 is 2.48 bits per heavy atom. The Morgan fingerprint density at radius 1 is 1.33 bits per heavy atom. The molecule has 21 heavy (non-hydrogen) atoms. The number of rotatable bonds is 6. The third-order valence-electron chi connectivity index (χ3n) is 4.73. The van der Waals surface area contributed by atoms with Crippen LogP contribution in [0.4, 0.5) is 0 Å². The topological polar surface area (TPSA) is 69.9 Å². The van der Waals surface area contributed by atoms with Crippen LogP contribution in [0.5, 0.6) is 0 Å². The van der Waals surface area contributed by atoms with Crippen LogP contribution in [-0.4, -0.2) is 39.7 Å². The average Bonchev–Trinajstić information content (AvgIpc) is 2.41. The van der Waals surface area contributed by atoms with Gasteiger partial charge in [-0.25, -0.2) is 0 Å². The van der Waals surface area contributed by atoms with Crippen molar-refractivity contribution in [1.82, 2.24) is 0 Å². The Balaban J connectivity index is 2.04. The molecule has 3 N–H and O–H groups in total. The van der Waals surface area contributed by atoms with Crippen molar-refractivity contribution in [2.24, 2.45) is 11.3 Å². The Bertz CT molecular complexity index is 454. The summed E-state index contributed by atoms with van der Waals surface area (Å²) in [5.41, 5.74) is -0.401. The van der Waals surface area contributed by atoms with Gasteiger partial charge in [-0.1, -0.05) is 37.3 Å². The van der Waals surface area contributed by atoms with Gasteiger partial charge in [0.1, 0.15) is 0 Å². The minimum atomic E-state index is -0.968. The molecule has 0 aliphatic heterocycles. The largest absolute Gasteiger partial charge is 0.394 e. The molecule has 1 aromatic carbocycles. The van der Waals surface area contributed by atoms with Crippen LogP contribution >= 0.6 is 0 Å². The zero-order valence-electron chi connectivity index (χ0n) is 13.0. The van der Waals surface area contributed by atoms with Crippen LogP contribution in [0.25, 0.3) is 0 Å². The molecule has 1 aromatic rings. The second-order valence-corrected chi connectivity index (χ2v) is 6.87. The molecular weight excluding hydrogens is 268 g/mol. The van der Waals surface area contributed by atoms with Crippen molar-refractivity contribution in [3.05, 3.63) is 35.9 Å². The Labute approximate surface area is 126 Å². The number of aliphatic hydroxyl groups is 3. The highest BCUT2D eigenvalue weighted by Crippen LogP contribution is 2.55. The van der Waals surface area contributed by atoms with Crippen LogP contribution in [0, 0.1) is 11.3 Å².